The molecule has 0 aromatic heterocycles. The van der Waals surface area contributed by atoms with E-state index >= 15 is 0 Å². The maximum atomic E-state index is 12.1. The second-order valence-corrected chi connectivity index (χ2v) is 5.22. The van der Waals surface area contributed by atoms with Gasteiger partial charge in [-0.3, -0.25) is 0 Å². The van der Waals surface area contributed by atoms with Crippen LogP contribution in [0.4, 0.5) is 13.2 Å². The Morgan fingerprint density at radius 2 is 1.64 bits per heavy atom. The molecule has 7 heteroatoms. The molecule has 0 aromatic carbocycles. The first-order valence-corrected chi connectivity index (χ1v) is 5.58. The summed E-state index contributed by atoms with van der Waals surface area (Å²) in [6.45, 7) is 3.50. The first-order valence-electron chi connectivity index (χ1n) is 4.14. The molecule has 0 aliphatic carbocycles. The molecule has 0 amide bonds. The van der Waals surface area contributed by atoms with Crippen LogP contribution in [-0.2, 0) is 10.0 Å². The Morgan fingerprint density at radius 1 is 1.21 bits per heavy atom. The molecular formula is C7H11F3NO2S. The van der Waals surface area contributed by atoms with Crippen LogP contribution in [0.2, 0.25) is 0 Å². The maximum Gasteiger partial charge on any atom is 0.511 e. The quantitative estimate of drug-likeness (QED) is 0.682. The SMILES string of the molecule is [CH2]C1CCN(S(=O)(=O)C(F)(F)F)CC1. The van der Waals surface area contributed by atoms with Gasteiger partial charge in [-0.05, 0) is 18.8 Å². The topological polar surface area (TPSA) is 37.4 Å². The second-order valence-electron chi connectivity index (χ2n) is 3.29. The highest BCUT2D eigenvalue weighted by atomic mass is 32.2. The molecule has 1 heterocycles. The van der Waals surface area contributed by atoms with Gasteiger partial charge < -0.3 is 0 Å². The van der Waals surface area contributed by atoms with Crippen molar-refractivity contribution in [2.24, 2.45) is 5.92 Å². The fraction of sp³-hybridized carbons (Fsp3) is 0.857. The number of halogens is 3. The number of hydrogen-bond acceptors (Lipinski definition) is 2. The Bertz CT molecular complexity index is 291. The molecule has 0 unspecified atom stereocenters. The van der Waals surface area contributed by atoms with Gasteiger partial charge in [-0.25, -0.2) is 8.42 Å². The van der Waals surface area contributed by atoms with Crippen LogP contribution in [0.5, 0.6) is 0 Å². The van der Waals surface area contributed by atoms with E-state index in [9.17, 15) is 21.6 Å². The van der Waals surface area contributed by atoms with E-state index in [2.05, 4.69) is 6.92 Å². The lowest BCUT2D eigenvalue weighted by Crippen LogP contribution is -2.44. The lowest BCUT2D eigenvalue weighted by Gasteiger charge is -2.29. The Labute approximate surface area is 80.9 Å². The number of piperidine rings is 1. The van der Waals surface area contributed by atoms with E-state index in [4.69, 9.17) is 0 Å². The molecule has 0 saturated carbocycles. The van der Waals surface area contributed by atoms with Crippen LogP contribution in [0, 0.1) is 12.8 Å². The molecule has 0 aromatic rings. The van der Waals surface area contributed by atoms with E-state index in [1.807, 2.05) is 0 Å². The Hall–Kier alpha value is -0.300. The molecule has 0 atom stereocenters. The second kappa shape index (κ2) is 3.69. The van der Waals surface area contributed by atoms with Crippen molar-refractivity contribution in [2.75, 3.05) is 13.1 Å². The van der Waals surface area contributed by atoms with Crippen LogP contribution in [0.15, 0.2) is 0 Å². The van der Waals surface area contributed by atoms with Gasteiger partial charge in [-0.15, -0.1) is 0 Å². The molecule has 0 bridgehead atoms. The van der Waals surface area contributed by atoms with Gasteiger partial charge in [-0.2, -0.15) is 17.5 Å². The minimum Gasteiger partial charge on any atom is -0.203 e. The highest BCUT2D eigenvalue weighted by Crippen LogP contribution is 2.29. The average molecular weight is 230 g/mol. The molecule has 1 aliphatic rings. The molecule has 83 valence electrons. The minimum atomic E-state index is -5.18. The van der Waals surface area contributed by atoms with Gasteiger partial charge in [0.25, 0.3) is 0 Å². The standard InChI is InChI=1S/C7H11F3NO2S/c1-6-2-4-11(5-3-6)14(12,13)7(8,9)10/h6H,1-5H2. The first-order chi connectivity index (χ1) is 6.25. The van der Waals surface area contributed by atoms with Crippen LogP contribution < -0.4 is 0 Å². The number of rotatable bonds is 1. The molecule has 0 spiro atoms. The zero-order valence-electron chi connectivity index (χ0n) is 7.42. The number of hydrogen-bond donors (Lipinski definition) is 0. The predicted octanol–water partition coefficient (Wildman–Crippen LogP) is 1.38. The first kappa shape index (κ1) is 11.8. The van der Waals surface area contributed by atoms with Crippen LogP contribution in [0.25, 0.3) is 0 Å². The van der Waals surface area contributed by atoms with E-state index in [-0.39, 0.29) is 19.0 Å². The van der Waals surface area contributed by atoms with Crippen LogP contribution in [0.3, 0.4) is 0 Å². The van der Waals surface area contributed by atoms with Gasteiger partial charge in [0.1, 0.15) is 0 Å². The fourth-order valence-electron chi connectivity index (χ4n) is 1.30. The molecular weight excluding hydrogens is 219 g/mol. The monoisotopic (exact) mass is 230 g/mol. The Balaban J connectivity index is 2.76. The van der Waals surface area contributed by atoms with Crippen molar-refractivity contribution >= 4 is 10.0 Å². The van der Waals surface area contributed by atoms with Crippen LogP contribution in [0.1, 0.15) is 12.8 Å². The molecule has 1 rings (SSSR count). The van der Waals surface area contributed by atoms with Crippen molar-refractivity contribution < 1.29 is 21.6 Å². The normalized spacial score (nSPS) is 22.6. The summed E-state index contributed by atoms with van der Waals surface area (Å²) in [7, 11) is -5.12. The third-order valence-corrected chi connectivity index (χ3v) is 3.84. The summed E-state index contributed by atoms with van der Waals surface area (Å²) in [5.74, 6) is 0.0506. The highest BCUT2D eigenvalue weighted by molar-refractivity contribution is 7.90. The summed E-state index contributed by atoms with van der Waals surface area (Å²) in [5.41, 5.74) is -5.18. The molecule has 3 nitrogen and oxygen atoms in total. The van der Waals surface area contributed by atoms with E-state index in [0.717, 1.165) is 0 Å². The molecule has 1 saturated heterocycles. The lowest BCUT2D eigenvalue weighted by atomic mass is 10.0. The zero-order valence-corrected chi connectivity index (χ0v) is 8.24. The van der Waals surface area contributed by atoms with Gasteiger partial charge in [0.05, 0.1) is 0 Å². The average Bonchev–Trinajstić information content (AvgIpc) is 2.03. The van der Waals surface area contributed by atoms with E-state index in [1.54, 1.807) is 0 Å². The third kappa shape index (κ3) is 2.20. The van der Waals surface area contributed by atoms with Crippen molar-refractivity contribution in [1.29, 1.82) is 0 Å². The molecule has 1 aliphatic heterocycles. The van der Waals surface area contributed by atoms with Gasteiger partial charge in [0.2, 0.25) is 0 Å². The smallest absolute Gasteiger partial charge is 0.203 e. The van der Waals surface area contributed by atoms with E-state index in [1.165, 1.54) is 0 Å². The van der Waals surface area contributed by atoms with Crippen LogP contribution >= 0.6 is 0 Å². The van der Waals surface area contributed by atoms with Gasteiger partial charge in [0, 0.05) is 13.1 Å². The third-order valence-electron chi connectivity index (χ3n) is 2.21. The summed E-state index contributed by atoms with van der Waals surface area (Å²) in [5, 5.41) is 0. The summed E-state index contributed by atoms with van der Waals surface area (Å²) in [6.07, 6.45) is 0.768. The molecule has 0 N–H and O–H groups in total. The summed E-state index contributed by atoms with van der Waals surface area (Å²) < 4.78 is 58.5. The molecule has 1 radical (unpaired) electrons. The van der Waals surface area contributed by atoms with Crippen molar-refractivity contribution in [3.05, 3.63) is 6.92 Å². The molecule has 14 heavy (non-hydrogen) atoms. The van der Waals surface area contributed by atoms with Crippen LogP contribution in [-0.4, -0.2) is 31.3 Å². The van der Waals surface area contributed by atoms with E-state index in [0.29, 0.717) is 17.1 Å². The summed E-state index contributed by atoms with van der Waals surface area (Å²) in [6, 6.07) is 0. The summed E-state index contributed by atoms with van der Waals surface area (Å²) >= 11 is 0. The van der Waals surface area contributed by atoms with Crippen molar-refractivity contribution in [1.82, 2.24) is 4.31 Å². The highest BCUT2D eigenvalue weighted by Gasteiger charge is 2.50. The fourth-order valence-corrected chi connectivity index (χ4v) is 2.28. The van der Waals surface area contributed by atoms with Crippen molar-refractivity contribution in [3.8, 4) is 0 Å². The predicted molar refractivity (Wildman–Crippen MR) is 44.6 cm³/mol. The number of nitrogens with zero attached hydrogens (tertiary/aromatic N) is 1. The Kier molecular flexibility index (Phi) is 3.10. The summed E-state index contributed by atoms with van der Waals surface area (Å²) in [4.78, 5) is 0. The minimum absolute atomic E-state index is 0.0506. The molecule has 1 fully saturated rings. The Morgan fingerprint density at radius 3 is 2.00 bits per heavy atom. The number of sulfonamides is 1. The number of alkyl halides is 3. The van der Waals surface area contributed by atoms with Crippen molar-refractivity contribution in [3.63, 3.8) is 0 Å². The largest absolute Gasteiger partial charge is 0.511 e. The maximum absolute atomic E-state index is 12.1. The van der Waals surface area contributed by atoms with Gasteiger partial charge >= 0.3 is 15.5 Å². The lowest BCUT2D eigenvalue weighted by molar-refractivity contribution is -0.0495. The van der Waals surface area contributed by atoms with Crippen molar-refractivity contribution in [2.45, 2.75) is 18.3 Å². The van der Waals surface area contributed by atoms with Gasteiger partial charge in [-0.1, -0.05) is 6.92 Å². The van der Waals surface area contributed by atoms with Gasteiger partial charge in [0.15, 0.2) is 0 Å². The van der Waals surface area contributed by atoms with E-state index < -0.39 is 15.5 Å². The zero-order chi connectivity index (χ0) is 11.0.